The maximum absolute atomic E-state index is 9.97. The molecular weight excluding hydrogens is 221 g/mol. The highest BCUT2D eigenvalue weighted by Gasteiger charge is 1.90. The van der Waals surface area contributed by atoms with E-state index in [1.165, 1.54) is 0 Å². The topological polar surface area (TPSA) is 124 Å². The van der Waals surface area contributed by atoms with Crippen LogP contribution in [0, 0.1) is 0 Å². The van der Waals surface area contributed by atoms with E-state index in [9.17, 15) is 8.76 Å². The van der Waals surface area contributed by atoms with Crippen LogP contribution in [-0.4, -0.2) is 34.3 Å². The Hall–Kier alpha value is -0.925. The van der Waals surface area contributed by atoms with Gasteiger partial charge in [-0.05, 0) is 12.1 Å². The second-order valence-electron chi connectivity index (χ2n) is 2.27. The Kier molecular flexibility index (Phi) is 9.23. The summed E-state index contributed by atoms with van der Waals surface area (Å²) >= 11 is -2.49. The summed E-state index contributed by atoms with van der Waals surface area (Å²) in [4.78, 5) is 0. The van der Waals surface area contributed by atoms with E-state index in [2.05, 4.69) is 9.50 Å². The average Bonchev–Trinajstić information content (AvgIpc) is 2.03. The molecule has 1 unspecified atom stereocenters. The molecular formula is C7H11BNO5S-. The van der Waals surface area contributed by atoms with E-state index in [0.717, 1.165) is 0 Å². The van der Waals surface area contributed by atoms with Gasteiger partial charge in [0.1, 0.15) is 14.6 Å². The van der Waals surface area contributed by atoms with E-state index in [1.54, 1.807) is 24.3 Å². The van der Waals surface area contributed by atoms with E-state index in [-0.39, 0.29) is 17.7 Å². The summed E-state index contributed by atoms with van der Waals surface area (Å²) in [5.41, 5.74) is 1.32. The van der Waals surface area contributed by atoms with Crippen molar-refractivity contribution in [3.63, 3.8) is 0 Å². The SMILES string of the molecule is O.O.[B]c1cccc(NCOS(=O)[O-])c1. The van der Waals surface area contributed by atoms with Gasteiger partial charge in [-0.25, -0.2) is 4.21 Å². The summed E-state index contributed by atoms with van der Waals surface area (Å²) in [7, 11) is 5.49. The second-order valence-corrected chi connectivity index (χ2v) is 2.91. The van der Waals surface area contributed by atoms with Crippen LogP contribution in [0.4, 0.5) is 5.69 Å². The number of benzene rings is 1. The van der Waals surface area contributed by atoms with Crippen molar-refractivity contribution in [3.8, 4) is 0 Å². The quantitative estimate of drug-likeness (QED) is 0.366. The predicted octanol–water partition coefficient (Wildman–Crippen LogP) is -1.99. The number of hydrogen-bond acceptors (Lipinski definition) is 4. The third-order valence-corrected chi connectivity index (χ3v) is 1.63. The van der Waals surface area contributed by atoms with Crippen LogP contribution >= 0.6 is 0 Å². The molecule has 0 saturated heterocycles. The van der Waals surface area contributed by atoms with Crippen molar-refractivity contribution in [2.24, 2.45) is 0 Å². The van der Waals surface area contributed by atoms with E-state index >= 15 is 0 Å². The standard InChI is InChI=1S/C7H8BNO3S.2H2O/c8-6-2-1-3-7(4-6)9-5-12-13(10)11;;/h1-4,9H,5H2,(H,10,11);2*1H2/p-1. The molecule has 2 radical (unpaired) electrons. The van der Waals surface area contributed by atoms with Gasteiger partial charge in [-0.15, -0.1) is 0 Å². The van der Waals surface area contributed by atoms with Gasteiger partial charge >= 0.3 is 0 Å². The zero-order valence-corrected chi connectivity index (χ0v) is 8.54. The number of rotatable bonds is 4. The van der Waals surface area contributed by atoms with Crippen LogP contribution in [0.2, 0.25) is 0 Å². The summed E-state index contributed by atoms with van der Waals surface area (Å²) in [6, 6.07) is 6.92. The van der Waals surface area contributed by atoms with Crippen molar-refractivity contribution in [2.75, 3.05) is 12.0 Å². The molecule has 0 aromatic heterocycles. The van der Waals surface area contributed by atoms with Crippen molar-refractivity contribution in [3.05, 3.63) is 24.3 Å². The second kappa shape index (κ2) is 8.39. The number of hydrogen-bond donors (Lipinski definition) is 1. The minimum Gasteiger partial charge on any atom is -0.750 e. The average molecular weight is 232 g/mol. The molecule has 1 atom stereocenters. The Morgan fingerprint density at radius 1 is 1.47 bits per heavy atom. The molecule has 0 bridgehead atoms. The Labute approximate surface area is 91.2 Å². The van der Waals surface area contributed by atoms with E-state index in [4.69, 9.17) is 7.85 Å². The van der Waals surface area contributed by atoms with Crippen LogP contribution in [0.5, 0.6) is 0 Å². The van der Waals surface area contributed by atoms with Crippen LogP contribution < -0.4 is 10.8 Å². The smallest absolute Gasteiger partial charge is 0.132 e. The highest BCUT2D eigenvalue weighted by Crippen LogP contribution is 2.02. The summed E-state index contributed by atoms with van der Waals surface area (Å²) in [6.07, 6.45) is 0. The number of nitrogens with one attached hydrogen (secondary N) is 1. The molecule has 6 nitrogen and oxygen atoms in total. The lowest BCUT2D eigenvalue weighted by molar-refractivity contribution is 0.323. The van der Waals surface area contributed by atoms with E-state index in [0.29, 0.717) is 11.2 Å². The van der Waals surface area contributed by atoms with E-state index < -0.39 is 11.4 Å². The highest BCUT2D eigenvalue weighted by molar-refractivity contribution is 7.74. The molecule has 0 heterocycles. The minimum absolute atomic E-state index is 0. The van der Waals surface area contributed by atoms with Crippen molar-refractivity contribution in [1.82, 2.24) is 0 Å². The maximum atomic E-state index is 9.97. The lowest BCUT2D eigenvalue weighted by Crippen LogP contribution is -2.10. The predicted molar refractivity (Wildman–Crippen MR) is 57.6 cm³/mol. The molecule has 0 aliphatic carbocycles. The molecule has 0 aliphatic rings. The normalized spacial score (nSPS) is 10.7. The fraction of sp³-hybridized carbons (Fsp3) is 0.143. The first kappa shape index (κ1) is 16.5. The van der Waals surface area contributed by atoms with Crippen molar-refractivity contribution >= 4 is 30.4 Å². The van der Waals surface area contributed by atoms with Gasteiger partial charge in [0.25, 0.3) is 0 Å². The summed E-state index contributed by atoms with van der Waals surface area (Å²) in [5, 5.41) is 2.72. The van der Waals surface area contributed by atoms with Gasteiger partial charge in [-0.1, -0.05) is 17.6 Å². The minimum atomic E-state index is -2.49. The lowest BCUT2D eigenvalue weighted by Gasteiger charge is -2.08. The van der Waals surface area contributed by atoms with Crippen LogP contribution in [0.25, 0.3) is 0 Å². The van der Waals surface area contributed by atoms with Crippen molar-refractivity contribution in [1.29, 1.82) is 0 Å². The lowest BCUT2D eigenvalue weighted by atomic mass is 9.96. The third-order valence-electron chi connectivity index (χ3n) is 1.32. The Morgan fingerprint density at radius 2 is 2.13 bits per heavy atom. The fourth-order valence-electron chi connectivity index (χ4n) is 0.810. The maximum Gasteiger partial charge on any atom is 0.132 e. The van der Waals surface area contributed by atoms with Crippen LogP contribution in [0.3, 0.4) is 0 Å². The summed E-state index contributed by atoms with van der Waals surface area (Å²) in [6.45, 7) is -0.0977. The molecule has 0 saturated carbocycles. The highest BCUT2D eigenvalue weighted by atomic mass is 32.2. The summed E-state index contributed by atoms with van der Waals surface area (Å²) < 4.78 is 24.2. The molecule has 0 amide bonds. The molecule has 5 N–H and O–H groups in total. The van der Waals surface area contributed by atoms with Gasteiger partial charge in [0.2, 0.25) is 0 Å². The fourth-order valence-corrected chi connectivity index (χ4v) is 0.965. The molecule has 1 aromatic carbocycles. The first-order valence-electron chi connectivity index (χ1n) is 3.50. The van der Waals surface area contributed by atoms with Crippen LogP contribution in [0.15, 0.2) is 24.3 Å². The molecule has 8 heteroatoms. The molecule has 1 aromatic rings. The van der Waals surface area contributed by atoms with Crippen LogP contribution in [0.1, 0.15) is 0 Å². The first-order valence-corrected chi connectivity index (χ1v) is 4.50. The van der Waals surface area contributed by atoms with Gasteiger partial charge in [0, 0.05) is 5.69 Å². The van der Waals surface area contributed by atoms with Gasteiger partial charge in [0.15, 0.2) is 0 Å². The Balaban J connectivity index is 0. The van der Waals surface area contributed by atoms with Gasteiger partial charge in [-0.3, -0.25) is 4.18 Å². The molecule has 0 aliphatic heterocycles. The van der Waals surface area contributed by atoms with Crippen LogP contribution in [-0.2, 0) is 15.5 Å². The summed E-state index contributed by atoms with van der Waals surface area (Å²) in [5.74, 6) is 0. The molecule has 1 rings (SSSR count). The first-order chi connectivity index (χ1) is 6.18. The van der Waals surface area contributed by atoms with Gasteiger partial charge in [0.05, 0.1) is 11.4 Å². The Bertz CT molecular complexity index is 311. The zero-order valence-electron chi connectivity index (χ0n) is 7.73. The van der Waals surface area contributed by atoms with Crippen molar-refractivity contribution in [2.45, 2.75) is 0 Å². The van der Waals surface area contributed by atoms with Crippen molar-refractivity contribution < 1.29 is 23.9 Å². The molecule has 0 spiro atoms. The molecule has 0 fully saturated rings. The largest absolute Gasteiger partial charge is 0.750 e. The Morgan fingerprint density at radius 3 is 2.67 bits per heavy atom. The van der Waals surface area contributed by atoms with E-state index in [1.807, 2.05) is 0 Å². The van der Waals surface area contributed by atoms with Gasteiger partial charge in [-0.2, -0.15) is 0 Å². The van der Waals surface area contributed by atoms with Gasteiger partial charge < -0.3 is 20.8 Å². The monoisotopic (exact) mass is 232 g/mol. The number of anilines is 1. The molecule has 15 heavy (non-hydrogen) atoms. The third kappa shape index (κ3) is 7.06. The zero-order chi connectivity index (χ0) is 9.68. The molecule has 84 valence electrons.